The van der Waals surface area contributed by atoms with E-state index in [1.165, 1.54) is 37.1 Å². The van der Waals surface area contributed by atoms with Gasteiger partial charge in [-0.25, -0.2) is 0 Å². The minimum Gasteiger partial charge on any atom is -0.405 e. The molecule has 2 aromatic rings. The van der Waals surface area contributed by atoms with Crippen LogP contribution < -0.4 is 16.8 Å². The molecule has 2 aromatic carbocycles. The third-order valence-corrected chi connectivity index (χ3v) is 7.36. The number of allylic oxidation sites excluding steroid dienone is 3. The molecule has 0 fully saturated rings. The highest BCUT2D eigenvalue weighted by Crippen LogP contribution is 2.31. The van der Waals surface area contributed by atoms with Crippen molar-refractivity contribution in [2.75, 3.05) is 37.2 Å². The van der Waals surface area contributed by atoms with E-state index in [1.807, 2.05) is 0 Å². The van der Waals surface area contributed by atoms with E-state index in [9.17, 15) is 26.3 Å². The van der Waals surface area contributed by atoms with E-state index in [0.717, 1.165) is 82.1 Å². The molecular formula is C34H47F6N5. The number of nitrogens with zero attached hydrogens (tertiary/aromatic N) is 2. The van der Waals surface area contributed by atoms with Crippen molar-refractivity contribution in [3.8, 4) is 0 Å². The Morgan fingerprint density at radius 3 is 1.98 bits per heavy atom. The highest BCUT2D eigenvalue weighted by atomic mass is 19.4. The van der Waals surface area contributed by atoms with Gasteiger partial charge in [0.25, 0.3) is 0 Å². The maximum absolute atomic E-state index is 13.5. The van der Waals surface area contributed by atoms with Gasteiger partial charge in [0, 0.05) is 35.5 Å². The van der Waals surface area contributed by atoms with Crippen LogP contribution in [0.1, 0.15) is 81.9 Å². The summed E-state index contributed by atoms with van der Waals surface area (Å²) in [6.07, 6.45) is 2.78. The molecule has 0 saturated heterocycles. The van der Waals surface area contributed by atoms with E-state index in [-0.39, 0.29) is 5.69 Å². The summed E-state index contributed by atoms with van der Waals surface area (Å²) in [4.78, 5) is 7.15. The van der Waals surface area contributed by atoms with Crippen LogP contribution in [0.5, 0.6) is 0 Å². The summed E-state index contributed by atoms with van der Waals surface area (Å²) in [5.41, 5.74) is 11.3. The second-order valence-corrected chi connectivity index (χ2v) is 11.1. The van der Waals surface area contributed by atoms with E-state index in [4.69, 9.17) is 16.5 Å². The Balaban J connectivity index is 2.34. The number of hydrogen-bond acceptors (Lipinski definition) is 4. The molecule has 0 aromatic heterocycles. The molecule has 2 rings (SSSR count). The number of amidine groups is 1. The van der Waals surface area contributed by atoms with Crippen molar-refractivity contribution >= 4 is 17.2 Å². The lowest BCUT2D eigenvalue weighted by atomic mass is 10.0. The number of aliphatic imine (C=N–C) groups is 1. The van der Waals surface area contributed by atoms with Gasteiger partial charge in [-0.1, -0.05) is 64.5 Å². The van der Waals surface area contributed by atoms with Crippen LogP contribution in [-0.4, -0.2) is 43.1 Å². The molecule has 5 nitrogen and oxygen atoms in total. The third kappa shape index (κ3) is 14.0. The number of rotatable bonds is 18. The Kier molecular flexibility index (Phi) is 16.0. The maximum Gasteiger partial charge on any atom is 0.416 e. The second kappa shape index (κ2) is 19.1. The Hall–Kier alpha value is -3.47. The molecule has 0 heterocycles. The number of benzene rings is 2. The highest BCUT2D eigenvalue weighted by Gasteiger charge is 2.33. The van der Waals surface area contributed by atoms with Gasteiger partial charge < -0.3 is 21.7 Å². The first-order valence-corrected chi connectivity index (χ1v) is 15.6. The van der Waals surface area contributed by atoms with E-state index in [1.54, 1.807) is 6.07 Å². The van der Waals surface area contributed by atoms with Gasteiger partial charge in [-0.2, -0.15) is 26.3 Å². The molecule has 250 valence electrons. The number of halogens is 6. The Labute approximate surface area is 263 Å². The van der Waals surface area contributed by atoms with E-state index < -0.39 is 29.9 Å². The number of nitrogen functional groups attached to an aromatic ring is 1. The molecule has 0 radical (unpaired) electrons. The molecule has 0 unspecified atom stereocenters. The van der Waals surface area contributed by atoms with Crippen molar-refractivity contribution in [1.82, 2.24) is 4.90 Å². The van der Waals surface area contributed by atoms with Crippen LogP contribution in [0.2, 0.25) is 0 Å². The van der Waals surface area contributed by atoms with Gasteiger partial charge in [0.1, 0.15) is 5.84 Å². The molecule has 45 heavy (non-hydrogen) atoms. The summed E-state index contributed by atoms with van der Waals surface area (Å²) < 4.78 is 80.0. The minimum atomic E-state index is -4.55. The van der Waals surface area contributed by atoms with Crippen molar-refractivity contribution in [1.29, 1.82) is 0 Å². The standard InChI is InChI=1S/C34H47F6N5/c1-3-5-7-9-21-45(22-10-8-6-4-2)23-20-43-32(44-29-16-14-27(15-17-29)33(35,36)37)30-18-13-26(25-31(30)42)24-28(12-11-19-41)34(38,39)40/h11-19,25H,3-10,20-24,41-42H2,1-2H3,(H,43,44)/b19-11-,28-12+. The van der Waals surface area contributed by atoms with Crippen LogP contribution in [0, 0.1) is 0 Å². The van der Waals surface area contributed by atoms with Crippen molar-refractivity contribution in [3.63, 3.8) is 0 Å². The SMILES string of the molecule is CCCCCCN(CCCCCC)CCN=C(Nc1ccc(C(F)(F)F)cc1)c1ccc(C/C(=C\C=C/N)C(F)(F)F)cc1N. The molecule has 0 bridgehead atoms. The predicted octanol–water partition coefficient (Wildman–Crippen LogP) is 9.11. The topological polar surface area (TPSA) is 79.7 Å². The van der Waals surface area contributed by atoms with E-state index in [0.29, 0.717) is 35.7 Å². The highest BCUT2D eigenvalue weighted by molar-refractivity contribution is 6.11. The zero-order valence-corrected chi connectivity index (χ0v) is 26.3. The molecule has 0 aliphatic rings. The molecule has 11 heteroatoms. The Morgan fingerprint density at radius 2 is 1.47 bits per heavy atom. The average Bonchev–Trinajstić information content (AvgIpc) is 2.98. The van der Waals surface area contributed by atoms with Gasteiger partial charge in [0.05, 0.1) is 12.1 Å². The molecule has 0 spiro atoms. The largest absolute Gasteiger partial charge is 0.416 e. The van der Waals surface area contributed by atoms with E-state index in [2.05, 4.69) is 24.1 Å². The maximum atomic E-state index is 13.5. The van der Waals surface area contributed by atoms with Crippen LogP contribution in [0.4, 0.5) is 37.7 Å². The number of alkyl halides is 6. The van der Waals surface area contributed by atoms with Crippen molar-refractivity contribution < 1.29 is 26.3 Å². The van der Waals surface area contributed by atoms with Crippen LogP contribution >= 0.6 is 0 Å². The molecule has 0 aliphatic carbocycles. The first-order valence-electron chi connectivity index (χ1n) is 15.6. The monoisotopic (exact) mass is 639 g/mol. The van der Waals surface area contributed by atoms with Crippen LogP contribution in [0.25, 0.3) is 0 Å². The number of anilines is 2. The first kappa shape index (κ1) is 37.7. The first-order chi connectivity index (χ1) is 21.4. The zero-order chi connectivity index (χ0) is 33.3. The van der Waals surface area contributed by atoms with Gasteiger partial charge in [-0.05, 0) is 80.2 Å². The lowest BCUT2D eigenvalue weighted by Gasteiger charge is -2.22. The lowest BCUT2D eigenvalue weighted by Crippen LogP contribution is -2.29. The molecule has 0 saturated carbocycles. The zero-order valence-electron chi connectivity index (χ0n) is 26.3. The summed E-state index contributed by atoms with van der Waals surface area (Å²) >= 11 is 0. The number of nitrogens with two attached hydrogens (primary N) is 2. The third-order valence-electron chi connectivity index (χ3n) is 7.36. The number of nitrogens with one attached hydrogen (secondary N) is 1. The Bertz CT molecular complexity index is 1220. The van der Waals surface area contributed by atoms with Gasteiger partial charge >= 0.3 is 12.4 Å². The smallest absolute Gasteiger partial charge is 0.405 e. The predicted molar refractivity (Wildman–Crippen MR) is 173 cm³/mol. The fourth-order valence-corrected chi connectivity index (χ4v) is 4.82. The summed E-state index contributed by atoms with van der Waals surface area (Å²) in [6, 6.07) is 9.14. The fraction of sp³-hybridized carbons (Fsp3) is 0.500. The summed E-state index contributed by atoms with van der Waals surface area (Å²) in [6.45, 7) is 7.34. The van der Waals surface area contributed by atoms with Gasteiger partial charge in [0.15, 0.2) is 0 Å². The summed E-state index contributed by atoms with van der Waals surface area (Å²) in [5, 5.41) is 3.09. The number of unbranched alkanes of at least 4 members (excludes halogenated alkanes) is 6. The second-order valence-electron chi connectivity index (χ2n) is 11.1. The summed E-state index contributed by atoms with van der Waals surface area (Å²) in [5.74, 6) is 0.327. The minimum absolute atomic E-state index is 0.192. The van der Waals surface area contributed by atoms with Crippen molar-refractivity contribution in [2.24, 2.45) is 10.7 Å². The molecule has 0 amide bonds. The Morgan fingerprint density at radius 1 is 0.844 bits per heavy atom. The van der Waals surface area contributed by atoms with E-state index >= 15 is 0 Å². The quantitative estimate of drug-likeness (QED) is 0.0380. The van der Waals surface area contributed by atoms with Crippen LogP contribution in [-0.2, 0) is 12.6 Å². The average molecular weight is 640 g/mol. The molecule has 0 atom stereocenters. The lowest BCUT2D eigenvalue weighted by molar-refractivity contribution is -0.137. The molecule has 0 aliphatic heterocycles. The van der Waals surface area contributed by atoms with Crippen molar-refractivity contribution in [3.05, 3.63) is 83.1 Å². The molecular weight excluding hydrogens is 592 g/mol. The molecule has 5 N–H and O–H groups in total. The number of hydrogen-bond donors (Lipinski definition) is 3. The van der Waals surface area contributed by atoms with Crippen LogP contribution in [0.15, 0.2) is 71.4 Å². The fourth-order valence-electron chi connectivity index (χ4n) is 4.82. The normalized spacial score (nSPS) is 13.3. The van der Waals surface area contributed by atoms with Gasteiger partial charge in [-0.3, -0.25) is 4.99 Å². The van der Waals surface area contributed by atoms with Crippen LogP contribution in [0.3, 0.4) is 0 Å². The van der Waals surface area contributed by atoms with Crippen molar-refractivity contribution in [2.45, 2.75) is 84.0 Å². The van der Waals surface area contributed by atoms with Gasteiger partial charge in [0.2, 0.25) is 0 Å². The summed E-state index contributed by atoms with van der Waals surface area (Å²) in [7, 11) is 0. The van der Waals surface area contributed by atoms with Gasteiger partial charge in [-0.15, -0.1) is 0 Å².